The van der Waals surface area contributed by atoms with E-state index in [1.54, 1.807) is 4.90 Å². The van der Waals surface area contributed by atoms with Gasteiger partial charge in [0.1, 0.15) is 12.1 Å². The van der Waals surface area contributed by atoms with E-state index in [-0.39, 0.29) is 29.8 Å². The lowest BCUT2D eigenvalue weighted by atomic mass is 9.97. The molecule has 1 heterocycles. The average Bonchev–Trinajstić information content (AvgIpc) is 2.23. The molecular formula is C12H22N2O2. The van der Waals surface area contributed by atoms with Crippen LogP contribution in [0.25, 0.3) is 0 Å². The maximum absolute atomic E-state index is 12.2. The fourth-order valence-corrected chi connectivity index (χ4v) is 2.15. The van der Waals surface area contributed by atoms with Crippen molar-refractivity contribution in [1.82, 2.24) is 10.2 Å². The highest BCUT2D eigenvalue weighted by atomic mass is 16.2. The summed E-state index contributed by atoms with van der Waals surface area (Å²) in [5.41, 5.74) is 0. The molecule has 2 amide bonds. The van der Waals surface area contributed by atoms with E-state index in [2.05, 4.69) is 5.32 Å². The molecule has 1 N–H and O–H groups in total. The summed E-state index contributed by atoms with van der Waals surface area (Å²) in [6.45, 7) is 8.55. The third kappa shape index (κ3) is 2.36. The van der Waals surface area contributed by atoms with Crippen LogP contribution in [0.2, 0.25) is 0 Å². The molecule has 4 heteroatoms. The summed E-state index contributed by atoms with van der Waals surface area (Å²) >= 11 is 0. The van der Waals surface area contributed by atoms with E-state index in [1.807, 2.05) is 27.7 Å². The molecule has 0 aromatic heterocycles. The van der Waals surface area contributed by atoms with Crippen molar-refractivity contribution in [3.8, 4) is 0 Å². The summed E-state index contributed by atoms with van der Waals surface area (Å²) in [4.78, 5) is 25.8. The molecule has 2 unspecified atom stereocenters. The van der Waals surface area contributed by atoms with Crippen molar-refractivity contribution in [2.75, 3.05) is 6.54 Å². The lowest BCUT2D eigenvalue weighted by Gasteiger charge is -2.39. The molecule has 0 aromatic rings. The van der Waals surface area contributed by atoms with Gasteiger partial charge >= 0.3 is 0 Å². The number of nitrogens with zero attached hydrogens (tertiary/aromatic N) is 1. The fourth-order valence-electron chi connectivity index (χ4n) is 2.15. The summed E-state index contributed by atoms with van der Waals surface area (Å²) in [5.74, 6) is 0.214. The van der Waals surface area contributed by atoms with E-state index < -0.39 is 0 Å². The lowest BCUT2D eigenvalue weighted by Crippen LogP contribution is -2.64. The predicted molar refractivity (Wildman–Crippen MR) is 62.9 cm³/mol. The molecule has 1 aliphatic heterocycles. The van der Waals surface area contributed by atoms with Crippen molar-refractivity contribution in [3.05, 3.63) is 0 Å². The van der Waals surface area contributed by atoms with Crippen molar-refractivity contribution in [2.24, 2.45) is 5.92 Å². The van der Waals surface area contributed by atoms with E-state index >= 15 is 0 Å². The van der Waals surface area contributed by atoms with Gasteiger partial charge in [0.05, 0.1) is 0 Å². The number of carbonyl (C=O) groups is 2. The Morgan fingerprint density at radius 2 is 1.94 bits per heavy atom. The summed E-state index contributed by atoms with van der Waals surface area (Å²) in [7, 11) is 0. The van der Waals surface area contributed by atoms with E-state index in [4.69, 9.17) is 0 Å². The first-order chi connectivity index (χ1) is 7.52. The van der Waals surface area contributed by atoms with Crippen LogP contribution in [-0.2, 0) is 9.59 Å². The van der Waals surface area contributed by atoms with E-state index in [1.165, 1.54) is 0 Å². The Morgan fingerprint density at radius 3 is 2.38 bits per heavy atom. The van der Waals surface area contributed by atoms with Gasteiger partial charge in [-0.2, -0.15) is 0 Å². The van der Waals surface area contributed by atoms with Gasteiger partial charge in [0.2, 0.25) is 11.8 Å². The number of nitrogens with one attached hydrogen (secondary N) is 1. The second-order valence-electron chi connectivity index (χ2n) is 4.69. The van der Waals surface area contributed by atoms with Gasteiger partial charge in [0, 0.05) is 6.54 Å². The first-order valence-electron chi connectivity index (χ1n) is 6.13. The highest BCUT2D eigenvalue weighted by Crippen LogP contribution is 2.17. The van der Waals surface area contributed by atoms with Crippen LogP contribution in [0.5, 0.6) is 0 Å². The maximum atomic E-state index is 12.2. The predicted octanol–water partition coefficient (Wildman–Crippen LogP) is 1.16. The van der Waals surface area contributed by atoms with Gasteiger partial charge < -0.3 is 10.2 Å². The second kappa shape index (κ2) is 5.32. The molecule has 0 aliphatic carbocycles. The third-order valence-corrected chi connectivity index (χ3v) is 3.04. The first-order valence-corrected chi connectivity index (χ1v) is 6.13. The highest BCUT2D eigenvalue weighted by Gasteiger charge is 2.40. The van der Waals surface area contributed by atoms with Crippen molar-refractivity contribution in [2.45, 2.75) is 52.6 Å². The minimum Gasteiger partial charge on any atom is -0.342 e. The van der Waals surface area contributed by atoms with Crippen LogP contribution < -0.4 is 5.32 Å². The van der Waals surface area contributed by atoms with E-state index in [9.17, 15) is 9.59 Å². The minimum absolute atomic E-state index is 0.00532. The summed E-state index contributed by atoms with van der Waals surface area (Å²) in [5, 5.41) is 2.82. The van der Waals surface area contributed by atoms with Crippen LogP contribution in [0.3, 0.4) is 0 Å². The summed E-state index contributed by atoms with van der Waals surface area (Å²) < 4.78 is 0. The Kier molecular flexibility index (Phi) is 4.33. The normalized spacial score (nSPS) is 26.2. The molecule has 0 saturated carbocycles. The van der Waals surface area contributed by atoms with Crippen LogP contribution in [0.15, 0.2) is 0 Å². The quantitative estimate of drug-likeness (QED) is 0.782. The fraction of sp³-hybridized carbons (Fsp3) is 0.833. The average molecular weight is 226 g/mol. The molecule has 92 valence electrons. The van der Waals surface area contributed by atoms with Gasteiger partial charge in [-0.25, -0.2) is 0 Å². The Morgan fingerprint density at radius 1 is 1.31 bits per heavy atom. The molecule has 0 bridgehead atoms. The molecule has 2 atom stereocenters. The van der Waals surface area contributed by atoms with Crippen molar-refractivity contribution in [1.29, 1.82) is 0 Å². The summed E-state index contributed by atoms with van der Waals surface area (Å²) in [6.07, 6.45) is 1.57. The topological polar surface area (TPSA) is 49.4 Å². The molecule has 1 fully saturated rings. The molecule has 1 rings (SSSR count). The van der Waals surface area contributed by atoms with Gasteiger partial charge in [-0.3, -0.25) is 9.59 Å². The van der Waals surface area contributed by atoms with Crippen LogP contribution in [0, 0.1) is 5.92 Å². The molecule has 0 aromatic carbocycles. The lowest BCUT2D eigenvalue weighted by molar-refractivity contribution is -0.150. The van der Waals surface area contributed by atoms with Crippen LogP contribution >= 0.6 is 0 Å². The maximum Gasteiger partial charge on any atom is 0.246 e. The van der Waals surface area contributed by atoms with Gasteiger partial charge in [0.25, 0.3) is 0 Å². The van der Waals surface area contributed by atoms with Crippen molar-refractivity contribution >= 4 is 11.8 Å². The zero-order chi connectivity index (χ0) is 12.3. The molecule has 4 nitrogen and oxygen atoms in total. The number of hydrogen-bond donors (Lipinski definition) is 1. The highest BCUT2D eigenvalue weighted by molar-refractivity contribution is 5.97. The number of piperazine rings is 1. The minimum atomic E-state index is -0.346. The molecule has 1 aliphatic rings. The Labute approximate surface area is 97.4 Å². The molecule has 0 radical (unpaired) electrons. The van der Waals surface area contributed by atoms with E-state index in [0.717, 1.165) is 6.42 Å². The second-order valence-corrected chi connectivity index (χ2v) is 4.69. The number of rotatable bonds is 4. The van der Waals surface area contributed by atoms with Gasteiger partial charge in [-0.15, -0.1) is 0 Å². The molecular weight excluding hydrogens is 204 g/mol. The molecule has 1 saturated heterocycles. The zero-order valence-corrected chi connectivity index (χ0v) is 10.6. The van der Waals surface area contributed by atoms with Gasteiger partial charge in [0.15, 0.2) is 0 Å². The number of amides is 2. The smallest absolute Gasteiger partial charge is 0.246 e. The Balaban J connectivity index is 2.89. The van der Waals surface area contributed by atoms with Crippen molar-refractivity contribution in [3.63, 3.8) is 0 Å². The number of hydrogen-bond acceptors (Lipinski definition) is 2. The summed E-state index contributed by atoms with van der Waals surface area (Å²) in [6, 6.07) is -0.621. The number of carbonyl (C=O) groups excluding carboxylic acids is 2. The largest absolute Gasteiger partial charge is 0.342 e. The monoisotopic (exact) mass is 226 g/mol. The molecule has 16 heavy (non-hydrogen) atoms. The van der Waals surface area contributed by atoms with Crippen LogP contribution in [0.4, 0.5) is 0 Å². The third-order valence-electron chi connectivity index (χ3n) is 3.04. The van der Waals surface area contributed by atoms with E-state index in [0.29, 0.717) is 13.0 Å². The molecule has 0 spiro atoms. The Bertz CT molecular complexity index is 276. The van der Waals surface area contributed by atoms with Crippen molar-refractivity contribution < 1.29 is 9.59 Å². The van der Waals surface area contributed by atoms with Gasteiger partial charge in [-0.05, 0) is 18.8 Å². The van der Waals surface area contributed by atoms with Gasteiger partial charge in [-0.1, -0.05) is 27.7 Å². The standard InChI is InChI=1S/C12H22N2O2/c1-5-7-14-9(6-2)11(15)13-10(8(3)4)12(14)16/h8-10H,5-7H2,1-4H3,(H,13,15). The first kappa shape index (κ1) is 13.0. The van der Waals surface area contributed by atoms with Crippen LogP contribution in [-0.4, -0.2) is 35.3 Å². The van der Waals surface area contributed by atoms with Crippen LogP contribution in [0.1, 0.15) is 40.5 Å². The zero-order valence-electron chi connectivity index (χ0n) is 10.6. The SMILES string of the molecule is CCCN1C(=O)C(C(C)C)NC(=O)C1CC. The Hall–Kier alpha value is -1.06.